The Kier molecular flexibility index (Phi) is 7.56. The van der Waals surface area contributed by atoms with Crippen LogP contribution in [0.1, 0.15) is 56.8 Å². The Hall–Kier alpha value is -3.18. The zero-order valence-electron chi connectivity index (χ0n) is 24.8. The molecule has 3 heterocycles. The van der Waals surface area contributed by atoms with E-state index in [4.69, 9.17) is 9.72 Å². The monoisotopic (exact) mass is 595 g/mol. The van der Waals surface area contributed by atoms with Crippen molar-refractivity contribution in [1.82, 2.24) is 19.5 Å². The molecule has 1 aliphatic carbocycles. The first-order chi connectivity index (χ1) is 19.2. The highest BCUT2D eigenvalue weighted by molar-refractivity contribution is 7.90. The third-order valence-corrected chi connectivity index (χ3v) is 14.0. The number of aromatic nitrogens is 3. The van der Waals surface area contributed by atoms with E-state index in [-0.39, 0.29) is 15.6 Å². The van der Waals surface area contributed by atoms with Crippen LogP contribution in [0.3, 0.4) is 0 Å². The average molecular weight is 596 g/mol. The van der Waals surface area contributed by atoms with E-state index in [1.807, 2.05) is 6.07 Å². The van der Waals surface area contributed by atoms with Gasteiger partial charge in [0.05, 0.1) is 25.1 Å². The molecule has 1 amide bonds. The van der Waals surface area contributed by atoms with Crippen LogP contribution in [0.4, 0.5) is 5.82 Å². The van der Waals surface area contributed by atoms with Gasteiger partial charge in [0, 0.05) is 24.0 Å². The number of rotatable bonds is 10. The molecule has 1 aliphatic heterocycles. The Morgan fingerprint density at radius 2 is 1.80 bits per heavy atom. The standard InChI is InChI=1S/C30H41N5O4SSi/c1-22-20-30(3,41(4,5)6)34(21-22)27-24(28(36)33-40(37,38)23-10-8-7-9-11-23)12-13-25(31-27)35-18-14-26(32-35)39-19-17-29(2)15-16-29/h7-14,18,22H,15-17,19-21H2,1-6H3,(H,33,36)/t22-,30?/m0/s1. The van der Waals surface area contributed by atoms with E-state index in [2.05, 4.69) is 55.1 Å². The van der Waals surface area contributed by atoms with Gasteiger partial charge in [-0.2, -0.15) is 0 Å². The number of anilines is 1. The van der Waals surface area contributed by atoms with Crippen molar-refractivity contribution < 1.29 is 17.9 Å². The van der Waals surface area contributed by atoms with Crippen molar-refractivity contribution in [3.05, 3.63) is 60.3 Å². The van der Waals surface area contributed by atoms with Crippen molar-refractivity contribution in [2.45, 2.75) is 76.2 Å². The van der Waals surface area contributed by atoms with Crippen molar-refractivity contribution in [2.75, 3.05) is 18.1 Å². The maximum absolute atomic E-state index is 13.6. The molecule has 1 aromatic carbocycles. The summed E-state index contributed by atoms with van der Waals surface area (Å²) in [4.78, 5) is 20.9. The Labute approximate surface area is 244 Å². The third kappa shape index (κ3) is 6.06. The molecule has 220 valence electrons. The Balaban J connectivity index is 1.50. The lowest BCUT2D eigenvalue weighted by atomic mass is 10.1. The van der Waals surface area contributed by atoms with E-state index < -0.39 is 24.0 Å². The summed E-state index contributed by atoms with van der Waals surface area (Å²) in [5.41, 5.74) is 0.618. The molecule has 2 atom stereocenters. The summed E-state index contributed by atoms with van der Waals surface area (Å²) in [6.45, 7) is 15.0. The molecule has 41 heavy (non-hydrogen) atoms. The number of hydrogen-bond donors (Lipinski definition) is 1. The molecular formula is C30H41N5O4SSi. The van der Waals surface area contributed by atoms with E-state index in [0.717, 1.165) is 19.4 Å². The maximum atomic E-state index is 13.6. The molecule has 5 rings (SSSR count). The fourth-order valence-corrected chi connectivity index (χ4v) is 8.51. The summed E-state index contributed by atoms with van der Waals surface area (Å²) in [5, 5.41) is 4.40. The minimum Gasteiger partial charge on any atom is -0.477 e. The molecule has 2 aliphatic rings. The molecular weight excluding hydrogens is 555 g/mol. The lowest BCUT2D eigenvalue weighted by molar-refractivity contribution is 0.0981. The second-order valence-electron chi connectivity index (χ2n) is 13.2. The van der Waals surface area contributed by atoms with Gasteiger partial charge in [0.15, 0.2) is 5.82 Å². The van der Waals surface area contributed by atoms with Crippen LogP contribution in [-0.4, -0.2) is 55.5 Å². The van der Waals surface area contributed by atoms with Gasteiger partial charge in [0.1, 0.15) is 5.82 Å². The van der Waals surface area contributed by atoms with E-state index in [1.165, 1.54) is 25.0 Å². The van der Waals surface area contributed by atoms with E-state index >= 15 is 0 Å². The Morgan fingerprint density at radius 3 is 2.46 bits per heavy atom. The van der Waals surface area contributed by atoms with Crippen LogP contribution >= 0.6 is 0 Å². The second kappa shape index (κ2) is 10.6. The number of carbonyl (C=O) groups excluding carboxylic acids is 1. The van der Waals surface area contributed by atoms with Gasteiger partial charge in [0.25, 0.3) is 15.9 Å². The van der Waals surface area contributed by atoms with Gasteiger partial charge in [0.2, 0.25) is 5.88 Å². The molecule has 3 aromatic rings. The molecule has 0 bridgehead atoms. The molecule has 0 radical (unpaired) electrons. The first-order valence-electron chi connectivity index (χ1n) is 14.3. The van der Waals surface area contributed by atoms with Gasteiger partial charge in [-0.25, -0.2) is 22.8 Å². The Bertz CT molecular complexity index is 1530. The number of pyridine rings is 1. The topological polar surface area (TPSA) is 106 Å². The largest absolute Gasteiger partial charge is 0.477 e. The van der Waals surface area contributed by atoms with Crippen molar-refractivity contribution in [3.63, 3.8) is 0 Å². The van der Waals surface area contributed by atoms with Crippen LogP contribution in [0.5, 0.6) is 5.88 Å². The van der Waals surface area contributed by atoms with Crippen molar-refractivity contribution in [2.24, 2.45) is 11.3 Å². The Morgan fingerprint density at radius 1 is 1.10 bits per heavy atom. The van der Waals surface area contributed by atoms with Gasteiger partial charge < -0.3 is 9.64 Å². The molecule has 1 unspecified atom stereocenters. The number of amides is 1. The third-order valence-electron chi connectivity index (χ3n) is 8.95. The molecule has 0 spiro atoms. The summed E-state index contributed by atoms with van der Waals surface area (Å²) in [6.07, 6.45) is 6.26. The molecule has 2 fully saturated rings. The van der Waals surface area contributed by atoms with Crippen LogP contribution in [0, 0.1) is 11.3 Å². The van der Waals surface area contributed by atoms with Crippen molar-refractivity contribution >= 4 is 29.8 Å². The zero-order valence-corrected chi connectivity index (χ0v) is 26.7. The molecule has 1 N–H and O–H groups in total. The molecule has 1 saturated carbocycles. The van der Waals surface area contributed by atoms with Crippen LogP contribution < -0.4 is 14.4 Å². The van der Waals surface area contributed by atoms with Crippen molar-refractivity contribution in [1.29, 1.82) is 0 Å². The van der Waals surface area contributed by atoms with Gasteiger partial charge in [-0.3, -0.25) is 4.79 Å². The second-order valence-corrected chi connectivity index (χ2v) is 20.5. The van der Waals surface area contributed by atoms with E-state index in [1.54, 1.807) is 41.2 Å². The summed E-state index contributed by atoms with van der Waals surface area (Å²) in [6, 6.07) is 13.1. The van der Waals surface area contributed by atoms with E-state index in [0.29, 0.717) is 35.5 Å². The van der Waals surface area contributed by atoms with E-state index in [9.17, 15) is 13.2 Å². The minimum absolute atomic E-state index is 0.0287. The summed E-state index contributed by atoms with van der Waals surface area (Å²) >= 11 is 0. The number of nitrogens with zero attached hydrogens (tertiary/aromatic N) is 4. The van der Waals surface area contributed by atoms with Gasteiger partial charge >= 0.3 is 0 Å². The molecule has 2 aromatic heterocycles. The molecule has 9 nitrogen and oxygen atoms in total. The van der Waals surface area contributed by atoms with Crippen LogP contribution in [0.2, 0.25) is 19.6 Å². The zero-order chi connectivity index (χ0) is 29.6. The summed E-state index contributed by atoms with van der Waals surface area (Å²) < 4.78 is 35.9. The number of carbonyl (C=O) groups is 1. The number of hydrogen-bond acceptors (Lipinski definition) is 7. The summed E-state index contributed by atoms with van der Waals surface area (Å²) in [5.74, 6) is 1.20. The number of benzene rings is 1. The van der Waals surface area contributed by atoms with Crippen LogP contribution in [0.25, 0.3) is 5.82 Å². The predicted octanol–water partition coefficient (Wildman–Crippen LogP) is 5.44. The van der Waals surface area contributed by atoms with Gasteiger partial charge in [-0.15, -0.1) is 5.10 Å². The SMILES string of the molecule is C[C@@H]1CN(c2nc(-n3ccc(OCCC4(C)CC4)n3)ccc2C(=O)NS(=O)(=O)c2ccccc2)C(C)([Si](C)(C)C)C1. The fourth-order valence-electron chi connectivity index (χ4n) is 5.56. The highest BCUT2D eigenvalue weighted by Crippen LogP contribution is 2.48. The lowest BCUT2D eigenvalue weighted by Crippen LogP contribution is -2.59. The quantitative estimate of drug-likeness (QED) is 0.311. The summed E-state index contributed by atoms with van der Waals surface area (Å²) in [7, 11) is -5.88. The maximum Gasteiger partial charge on any atom is 0.268 e. The number of nitrogens with one attached hydrogen (secondary N) is 1. The first kappa shape index (κ1) is 29.3. The average Bonchev–Trinajstić information content (AvgIpc) is 3.30. The van der Waals surface area contributed by atoms with Crippen LogP contribution in [0.15, 0.2) is 59.6 Å². The van der Waals surface area contributed by atoms with Gasteiger partial charge in [-0.1, -0.05) is 51.7 Å². The number of sulfonamides is 1. The fraction of sp³-hybridized carbons (Fsp3) is 0.500. The van der Waals surface area contributed by atoms with Crippen LogP contribution in [-0.2, 0) is 10.0 Å². The predicted molar refractivity (Wildman–Crippen MR) is 163 cm³/mol. The molecule has 1 saturated heterocycles. The highest BCUT2D eigenvalue weighted by atomic mass is 32.2. The number of ether oxygens (including phenoxy) is 1. The normalized spacial score (nSPS) is 22.0. The smallest absolute Gasteiger partial charge is 0.268 e. The lowest BCUT2D eigenvalue weighted by Gasteiger charge is -2.45. The van der Waals surface area contributed by atoms with Gasteiger partial charge in [-0.05, 0) is 68.2 Å². The molecule has 11 heteroatoms. The highest BCUT2D eigenvalue weighted by Gasteiger charge is 2.50. The minimum atomic E-state index is -4.06. The van der Waals surface area contributed by atoms with Crippen molar-refractivity contribution in [3.8, 4) is 11.7 Å². The first-order valence-corrected chi connectivity index (χ1v) is 19.3.